The smallest absolute Gasteiger partial charge is 0.328 e. The molecule has 4 N–H and O–H groups in total. The van der Waals surface area contributed by atoms with Gasteiger partial charge in [0.15, 0.2) is 0 Å². The number of esters is 1. The molecule has 0 aliphatic heterocycles. The second-order valence-electron chi connectivity index (χ2n) is 9.84. The number of ether oxygens (including phenoxy) is 1. The standard InChI is InChI=1S/C27H42N4O6/c1-8-22(32)29-21(15-19-12-10-9-11-13-19)25(34)31-23(17(4)5)26(35)30-20(14-16(2)3)24(33)28-18(6)27(36)37-7/h9-13,16-18,20-21,23H,8,14-15H2,1-7H3,(H,28,33)(H,29,32)(H,30,35)(H,31,34). The van der Waals surface area contributed by atoms with Gasteiger partial charge in [-0.3, -0.25) is 19.2 Å². The van der Waals surface area contributed by atoms with Gasteiger partial charge in [0, 0.05) is 12.8 Å². The summed E-state index contributed by atoms with van der Waals surface area (Å²) in [6, 6.07) is 5.63. The van der Waals surface area contributed by atoms with Gasteiger partial charge in [0.25, 0.3) is 0 Å². The lowest BCUT2D eigenvalue weighted by molar-refractivity contribution is -0.145. The Balaban J connectivity index is 3.05. The van der Waals surface area contributed by atoms with Gasteiger partial charge in [-0.15, -0.1) is 0 Å². The zero-order valence-electron chi connectivity index (χ0n) is 22.9. The van der Waals surface area contributed by atoms with Crippen LogP contribution in [0.15, 0.2) is 30.3 Å². The molecule has 0 radical (unpaired) electrons. The quantitative estimate of drug-likeness (QED) is 0.275. The molecule has 1 aromatic rings. The van der Waals surface area contributed by atoms with Gasteiger partial charge in [-0.25, -0.2) is 4.79 Å². The van der Waals surface area contributed by atoms with E-state index < -0.39 is 47.9 Å². The van der Waals surface area contributed by atoms with E-state index in [-0.39, 0.29) is 30.6 Å². The van der Waals surface area contributed by atoms with Crippen molar-refractivity contribution in [2.45, 2.75) is 85.0 Å². The van der Waals surface area contributed by atoms with E-state index in [2.05, 4.69) is 26.0 Å². The van der Waals surface area contributed by atoms with Crippen LogP contribution in [0.5, 0.6) is 0 Å². The van der Waals surface area contributed by atoms with Crippen LogP contribution in [-0.4, -0.2) is 60.9 Å². The summed E-state index contributed by atoms with van der Waals surface area (Å²) in [7, 11) is 1.22. The molecule has 0 saturated heterocycles. The molecule has 37 heavy (non-hydrogen) atoms. The van der Waals surface area contributed by atoms with Crippen molar-refractivity contribution in [3.63, 3.8) is 0 Å². The van der Waals surface area contributed by atoms with Crippen molar-refractivity contribution in [3.8, 4) is 0 Å². The Morgan fingerprint density at radius 1 is 0.784 bits per heavy atom. The summed E-state index contributed by atoms with van der Waals surface area (Å²) in [5.41, 5.74) is 0.859. The third kappa shape index (κ3) is 11.0. The summed E-state index contributed by atoms with van der Waals surface area (Å²) in [6.45, 7) is 10.5. The second-order valence-corrected chi connectivity index (χ2v) is 9.84. The first-order valence-corrected chi connectivity index (χ1v) is 12.7. The molecule has 0 bridgehead atoms. The Hall–Kier alpha value is -3.43. The highest BCUT2D eigenvalue weighted by Crippen LogP contribution is 2.10. The van der Waals surface area contributed by atoms with E-state index in [1.807, 2.05) is 44.2 Å². The molecule has 10 nitrogen and oxygen atoms in total. The molecular weight excluding hydrogens is 476 g/mol. The van der Waals surface area contributed by atoms with Crippen molar-refractivity contribution in [1.82, 2.24) is 21.3 Å². The summed E-state index contributed by atoms with van der Waals surface area (Å²) in [5, 5.41) is 10.8. The molecule has 0 aliphatic rings. The SMILES string of the molecule is CCC(=O)NC(Cc1ccccc1)C(=O)NC(C(=O)NC(CC(C)C)C(=O)NC(C)C(=O)OC)C(C)C. The highest BCUT2D eigenvalue weighted by Gasteiger charge is 2.32. The molecule has 0 aromatic heterocycles. The fourth-order valence-corrected chi connectivity index (χ4v) is 3.66. The predicted octanol–water partition coefficient (Wildman–Crippen LogP) is 1.47. The molecular formula is C27H42N4O6. The fourth-order valence-electron chi connectivity index (χ4n) is 3.66. The topological polar surface area (TPSA) is 143 Å². The van der Waals surface area contributed by atoms with E-state index in [0.29, 0.717) is 6.42 Å². The lowest BCUT2D eigenvalue weighted by Crippen LogP contribution is -2.59. The molecule has 10 heteroatoms. The van der Waals surface area contributed by atoms with Crippen LogP contribution < -0.4 is 21.3 Å². The molecule has 0 aliphatic carbocycles. The second kappa shape index (κ2) is 15.6. The van der Waals surface area contributed by atoms with Crippen LogP contribution in [0.25, 0.3) is 0 Å². The van der Waals surface area contributed by atoms with Crippen molar-refractivity contribution < 1.29 is 28.7 Å². The summed E-state index contributed by atoms with van der Waals surface area (Å²) in [6.07, 6.45) is 0.796. The molecule has 4 amide bonds. The van der Waals surface area contributed by atoms with Gasteiger partial charge in [-0.05, 0) is 30.7 Å². The number of amides is 4. The molecule has 0 spiro atoms. The first-order chi connectivity index (χ1) is 17.4. The largest absolute Gasteiger partial charge is 0.467 e. The molecule has 4 unspecified atom stereocenters. The maximum absolute atomic E-state index is 13.3. The Kier molecular flexibility index (Phi) is 13.4. The molecule has 206 valence electrons. The highest BCUT2D eigenvalue weighted by atomic mass is 16.5. The normalized spacial score (nSPS) is 14.2. The molecule has 0 heterocycles. The van der Waals surface area contributed by atoms with E-state index in [4.69, 9.17) is 0 Å². The number of carbonyl (C=O) groups excluding carboxylic acids is 5. The average Bonchev–Trinajstić information content (AvgIpc) is 2.85. The minimum absolute atomic E-state index is 0.0658. The van der Waals surface area contributed by atoms with Gasteiger partial charge in [0.1, 0.15) is 24.2 Å². The summed E-state index contributed by atoms with van der Waals surface area (Å²) in [5.74, 6) is -2.68. The van der Waals surface area contributed by atoms with Gasteiger partial charge in [-0.2, -0.15) is 0 Å². The van der Waals surface area contributed by atoms with E-state index in [1.165, 1.54) is 14.0 Å². The first kappa shape index (κ1) is 31.6. The van der Waals surface area contributed by atoms with Crippen molar-refractivity contribution in [2.75, 3.05) is 7.11 Å². The zero-order valence-corrected chi connectivity index (χ0v) is 22.9. The van der Waals surface area contributed by atoms with Gasteiger partial charge >= 0.3 is 5.97 Å². The Labute approximate surface area is 219 Å². The van der Waals surface area contributed by atoms with Crippen LogP contribution in [-0.2, 0) is 35.1 Å². The summed E-state index contributed by atoms with van der Waals surface area (Å²) < 4.78 is 4.65. The lowest BCUT2D eigenvalue weighted by atomic mass is 9.98. The molecule has 4 atom stereocenters. The summed E-state index contributed by atoms with van der Waals surface area (Å²) in [4.78, 5) is 63.2. The molecule has 0 fully saturated rings. The van der Waals surface area contributed by atoms with Crippen molar-refractivity contribution in [3.05, 3.63) is 35.9 Å². The van der Waals surface area contributed by atoms with E-state index in [9.17, 15) is 24.0 Å². The highest BCUT2D eigenvalue weighted by molar-refractivity contribution is 5.95. The number of benzene rings is 1. The number of hydrogen-bond donors (Lipinski definition) is 4. The van der Waals surface area contributed by atoms with Crippen LogP contribution in [0.4, 0.5) is 0 Å². The third-order valence-electron chi connectivity index (χ3n) is 5.76. The van der Waals surface area contributed by atoms with Crippen molar-refractivity contribution in [2.24, 2.45) is 11.8 Å². The maximum atomic E-state index is 13.3. The van der Waals surface area contributed by atoms with E-state index in [0.717, 1.165) is 5.56 Å². The predicted molar refractivity (Wildman–Crippen MR) is 140 cm³/mol. The average molecular weight is 519 g/mol. The van der Waals surface area contributed by atoms with Crippen LogP contribution in [0, 0.1) is 11.8 Å². The lowest BCUT2D eigenvalue weighted by Gasteiger charge is -2.28. The number of methoxy groups -OCH3 is 1. The number of hydrogen-bond acceptors (Lipinski definition) is 6. The Morgan fingerprint density at radius 2 is 1.38 bits per heavy atom. The number of rotatable bonds is 14. The third-order valence-corrected chi connectivity index (χ3v) is 5.76. The van der Waals surface area contributed by atoms with Crippen molar-refractivity contribution >= 4 is 29.6 Å². The van der Waals surface area contributed by atoms with Crippen molar-refractivity contribution in [1.29, 1.82) is 0 Å². The van der Waals surface area contributed by atoms with Gasteiger partial charge in [0.2, 0.25) is 23.6 Å². The Bertz CT molecular complexity index is 919. The fraction of sp³-hybridized carbons (Fsp3) is 0.593. The van der Waals surface area contributed by atoms with Gasteiger partial charge in [0.05, 0.1) is 7.11 Å². The summed E-state index contributed by atoms with van der Waals surface area (Å²) >= 11 is 0. The zero-order chi connectivity index (χ0) is 28.1. The van der Waals surface area contributed by atoms with Crippen LogP contribution >= 0.6 is 0 Å². The van der Waals surface area contributed by atoms with E-state index in [1.54, 1.807) is 20.8 Å². The Morgan fingerprint density at radius 3 is 1.89 bits per heavy atom. The number of carbonyl (C=O) groups is 5. The van der Waals surface area contributed by atoms with Gasteiger partial charge in [-0.1, -0.05) is 65.0 Å². The minimum Gasteiger partial charge on any atom is -0.467 e. The van der Waals surface area contributed by atoms with Crippen LogP contribution in [0.3, 0.4) is 0 Å². The van der Waals surface area contributed by atoms with Crippen LogP contribution in [0.1, 0.15) is 59.9 Å². The molecule has 0 saturated carbocycles. The van der Waals surface area contributed by atoms with Gasteiger partial charge < -0.3 is 26.0 Å². The first-order valence-electron chi connectivity index (χ1n) is 12.7. The van der Waals surface area contributed by atoms with Crippen LogP contribution in [0.2, 0.25) is 0 Å². The minimum atomic E-state index is -0.954. The maximum Gasteiger partial charge on any atom is 0.328 e. The molecule has 1 rings (SSSR count). The number of nitrogens with one attached hydrogen (secondary N) is 4. The van der Waals surface area contributed by atoms with E-state index >= 15 is 0 Å². The monoisotopic (exact) mass is 518 g/mol. The molecule has 1 aromatic carbocycles.